The fourth-order valence-electron chi connectivity index (χ4n) is 2.30. The first kappa shape index (κ1) is 12.0. The smallest absolute Gasteiger partial charge is 0.324 e. The molecule has 2 amide bonds. The Balaban J connectivity index is 2.17. The lowest BCUT2D eigenvalue weighted by Gasteiger charge is -2.27. The molecule has 1 aliphatic heterocycles. The quantitative estimate of drug-likeness (QED) is 0.768. The number of benzene rings is 1. The molecule has 0 bridgehead atoms. The van der Waals surface area contributed by atoms with Gasteiger partial charge in [0.2, 0.25) is 0 Å². The highest BCUT2D eigenvalue weighted by Gasteiger charge is 2.23. The molecule has 1 fully saturated rings. The largest absolute Gasteiger partial charge is 0.324 e. The Morgan fingerprint density at radius 1 is 1.35 bits per heavy atom. The topological polar surface area (TPSA) is 23.6 Å². The van der Waals surface area contributed by atoms with Crippen LogP contribution in [0.2, 0.25) is 0 Å². The summed E-state index contributed by atoms with van der Waals surface area (Å²) in [6.45, 7) is 6.61. The molecule has 1 aromatic rings. The van der Waals surface area contributed by atoms with Crippen LogP contribution in [0.5, 0.6) is 0 Å². The van der Waals surface area contributed by atoms with Gasteiger partial charge < -0.3 is 4.90 Å². The second kappa shape index (κ2) is 5.21. The summed E-state index contributed by atoms with van der Waals surface area (Å²) in [4.78, 5) is 16.1. The van der Waals surface area contributed by atoms with Crippen molar-refractivity contribution in [1.82, 2.24) is 4.90 Å². The van der Waals surface area contributed by atoms with Crippen LogP contribution in [0.3, 0.4) is 0 Å². The van der Waals surface area contributed by atoms with Crippen molar-refractivity contribution >= 4 is 11.7 Å². The molecule has 0 N–H and O–H groups in total. The number of amides is 2. The van der Waals surface area contributed by atoms with Crippen LogP contribution in [-0.4, -0.2) is 30.6 Å². The van der Waals surface area contributed by atoms with E-state index in [1.807, 2.05) is 28.9 Å². The minimum Gasteiger partial charge on any atom is -0.324 e. The van der Waals surface area contributed by atoms with Gasteiger partial charge in [0.05, 0.1) is 0 Å². The van der Waals surface area contributed by atoms with Crippen molar-refractivity contribution in [2.45, 2.75) is 26.7 Å². The number of hydrogen-bond donors (Lipinski definition) is 0. The van der Waals surface area contributed by atoms with Crippen molar-refractivity contribution in [3.8, 4) is 0 Å². The van der Waals surface area contributed by atoms with Gasteiger partial charge in [-0.3, -0.25) is 4.90 Å². The van der Waals surface area contributed by atoms with Crippen molar-refractivity contribution in [2.75, 3.05) is 24.5 Å². The molecule has 0 unspecified atom stereocenters. The van der Waals surface area contributed by atoms with Gasteiger partial charge in [0, 0.05) is 25.3 Å². The maximum atomic E-state index is 12.3. The van der Waals surface area contributed by atoms with Gasteiger partial charge in [-0.2, -0.15) is 0 Å². The number of likely N-dealkylation sites (tertiary alicyclic amines) is 1. The summed E-state index contributed by atoms with van der Waals surface area (Å²) >= 11 is 0. The van der Waals surface area contributed by atoms with E-state index >= 15 is 0 Å². The first-order chi connectivity index (χ1) is 8.22. The molecule has 0 saturated carbocycles. The summed E-state index contributed by atoms with van der Waals surface area (Å²) in [6, 6.07) is 8.28. The zero-order valence-corrected chi connectivity index (χ0v) is 10.6. The van der Waals surface area contributed by atoms with E-state index in [2.05, 4.69) is 19.1 Å². The van der Waals surface area contributed by atoms with E-state index in [4.69, 9.17) is 0 Å². The number of nitrogens with zero attached hydrogens (tertiary/aromatic N) is 2. The number of rotatable bonds is 2. The standard InChI is InChI=1S/C14H20N2O/c1-3-16(13-8-6-7-12(2)11-13)14(17)15-9-4-5-10-15/h6-8,11H,3-5,9-10H2,1-2H3. The Morgan fingerprint density at radius 3 is 2.65 bits per heavy atom. The summed E-state index contributed by atoms with van der Waals surface area (Å²) in [5, 5.41) is 0. The Hall–Kier alpha value is -1.51. The Morgan fingerprint density at radius 2 is 2.06 bits per heavy atom. The molecular formula is C14H20N2O. The van der Waals surface area contributed by atoms with Crippen LogP contribution in [0.1, 0.15) is 25.3 Å². The van der Waals surface area contributed by atoms with Crippen LogP contribution in [0.4, 0.5) is 10.5 Å². The molecule has 3 nitrogen and oxygen atoms in total. The van der Waals surface area contributed by atoms with Gasteiger partial charge in [-0.05, 0) is 44.4 Å². The van der Waals surface area contributed by atoms with Crippen LogP contribution in [0, 0.1) is 6.92 Å². The van der Waals surface area contributed by atoms with Crippen molar-refractivity contribution in [1.29, 1.82) is 0 Å². The van der Waals surface area contributed by atoms with Gasteiger partial charge in [-0.1, -0.05) is 12.1 Å². The highest BCUT2D eigenvalue weighted by atomic mass is 16.2. The second-order valence-electron chi connectivity index (χ2n) is 4.56. The van der Waals surface area contributed by atoms with Gasteiger partial charge in [0.1, 0.15) is 0 Å². The molecule has 0 atom stereocenters. The molecular weight excluding hydrogens is 212 g/mol. The molecule has 0 aromatic heterocycles. The summed E-state index contributed by atoms with van der Waals surface area (Å²) < 4.78 is 0. The van der Waals surface area contributed by atoms with Crippen molar-refractivity contribution in [3.05, 3.63) is 29.8 Å². The molecule has 1 saturated heterocycles. The molecule has 2 rings (SSSR count). The second-order valence-corrected chi connectivity index (χ2v) is 4.56. The molecule has 3 heteroatoms. The highest BCUT2D eigenvalue weighted by Crippen LogP contribution is 2.19. The number of anilines is 1. The summed E-state index contributed by atoms with van der Waals surface area (Å²) in [5.74, 6) is 0. The normalized spacial score (nSPS) is 15.1. The van der Waals surface area contributed by atoms with Crippen LogP contribution in [0.15, 0.2) is 24.3 Å². The third-order valence-electron chi connectivity index (χ3n) is 3.24. The molecule has 0 spiro atoms. The number of urea groups is 1. The summed E-state index contributed by atoms with van der Waals surface area (Å²) in [7, 11) is 0. The number of carbonyl (C=O) groups is 1. The predicted octanol–water partition coefficient (Wildman–Crippen LogP) is 3.04. The fourth-order valence-corrected chi connectivity index (χ4v) is 2.30. The maximum Gasteiger partial charge on any atom is 0.324 e. The summed E-state index contributed by atoms with van der Waals surface area (Å²) in [6.07, 6.45) is 2.27. The molecule has 1 aliphatic rings. The molecule has 92 valence electrons. The molecule has 0 aliphatic carbocycles. The number of carbonyl (C=O) groups excluding carboxylic acids is 1. The van der Waals surface area contributed by atoms with Crippen molar-refractivity contribution in [2.24, 2.45) is 0 Å². The van der Waals surface area contributed by atoms with Crippen molar-refractivity contribution < 1.29 is 4.79 Å². The molecule has 0 radical (unpaired) electrons. The van der Waals surface area contributed by atoms with E-state index in [1.165, 1.54) is 5.56 Å². The van der Waals surface area contributed by atoms with Crippen molar-refractivity contribution in [3.63, 3.8) is 0 Å². The minimum atomic E-state index is 0.149. The van der Waals surface area contributed by atoms with Gasteiger partial charge in [0.15, 0.2) is 0 Å². The van der Waals surface area contributed by atoms with Crippen LogP contribution < -0.4 is 4.90 Å². The Labute approximate surface area is 103 Å². The maximum absolute atomic E-state index is 12.3. The van der Waals surface area contributed by atoms with Gasteiger partial charge in [-0.15, -0.1) is 0 Å². The van der Waals surface area contributed by atoms with Crippen LogP contribution >= 0.6 is 0 Å². The number of hydrogen-bond acceptors (Lipinski definition) is 1. The summed E-state index contributed by atoms with van der Waals surface area (Å²) in [5.41, 5.74) is 2.19. The Bertz CT molecular complexity index is 397. The lowest BCUT2D eigenvalue weighted by atomic mass is 10.2. The minimum absolute atomic E-state index is 0.149. The monoisotopic (exact) mass is 232 g/mol. The third-order valence-corrected chi connectivity index (χ3v) is 3.24. The lowest BCUT2D eigenvalue weighted by Crippen LogP contribution is -2.41. The average molecular weight is 232 g/mol. The van der Waals surface area contributed by atoms with E-state index in [9.17, 15) is 4.79 Å². The first-order valence-corrected chi connectivity index (χ1v) is 6.35. The fraction of sp³-hybridized carbons (Fsp3) is 0.500. The number of aryl methyl sites for hydroxylation is 1. The van der Waals surface area contributed by atoms with E-state index in [1.54, 1.807) is 0 Å². The average Bonchev–Trinajstić information content (AvgIpc) is 2.83. The molecule has 1 heterocycles. The zero-order chi connectivity index (χ0) is 12.3. The SMILES string of the molecule is CCN(C(=O)N1CCCC1)c1cccc(C)c1. The zero-order valence-electron chi connectivity index (χ0n) is 10.6. The predicted molar refractivity (Wildman–Crippen MR) is 70.4 cm³/mol. The van der Waals surface area contributed by atoms with Gasteiger partial charge >= 0.3 is 6.03 Å². The van der Waals surface area contributed by atoms with Gasteiger partial charge in [-0.25, -0.2) is 4.79 Å². The van der Waals surface area contributed by atoms with E-state index in [0.717, 1.165) is 38.2 Å². The molecule has 17 heavy (non-hydrogen) atoms. The Kier molecular flexibility index (Phi) is 3.67. The van der Waals surface area contributed by atoms with E-state index < -0.39 is 0 Å². The van der Waals surface area contributed by atoms with Gasteiger partial charge in [0.25, 0.3) is 0 Å². The van der Waals surface area contributed by atoms with Crippen LogP contribution in [0.25, 0.3) is 0 Å². The molecule has 1 aromatic carbocycles. The van der Waals surface area contributed by atoms with E-state index in [-0.39, 0.29) is 6.03 Å². The third kappa shape index (κ3) is 2.60. The van der Waals surface area contributed by atoms with Crippen LogP contribution in [-0.2, 0) is 0 Å². The first-order valence-electron chi connectivity index (χ1n) is 6.35. The highest BCUT2D eigenvalue weighted by molar-refractivity contribution is 5.92. The van der Waals surface area contributed by atoms with E-state index in [0.29, 0.717) is 0 Å². The lowest BCUT2D eigenvalue weighted by molar-refractivity contribution is 0.216.